The number of nitrogen functional groups attached to an aromatic ring is 1. The van der Waals surface area contributed by atoms with E-state index in [2.05, 4.69) is 48.3 Å². The van der Waals surface area contributed by atoms with Crippen molar-refractivity contribution in [2.24, 2.45) is 0 Å². The highest BCUT2D eigenvalue weighted by molar-refractivity contribution is 6.08. The molecule has 354 valence electrons. The van der Waals surface area contributed by atoms with E-state index >= 15 is 0 Å². The van der Waals surface area contributed by atoms with Crippen LogP contribution in [0.2, 0.25) is 0 Å². The molecule has 8 aromatic rings. The van der Waals surface area contributed by atoms with Crippen molar-refractivity contribution < 1.29 is 23.9 Å². The Balaban J connectivity index is 0.000000194. The molecule has 9 rings (SSSR count). The number of fused-ring (bicyclic) bond motifs is 2. The first-order valence-electron chi connectivity index (χ1n) is 22.6. The van der Waals surface area contributed by atoms with Gasteiger partial charge in [0, 0.05) is 72.5 Å². The van der Waals surface area contributed by atoms with Gasteiger partial charge in [0.1, 0.15) is 34.8 Å². The number of nitrogens with two attached hydrogens (primary N) is 1. The zero-order valence-electron chi connectivity index (χ0n) is 39.0. The number of aromatic nitrogens is 2. The molecule has 16 heteroatoms. The minimum atomic E-state index is -0.375. The Kier molecular flexibility index (Phi) is 15.1. The molecule has 2 aromatic heterocycles. The van der Waals surface area contributed by atoms with E-state index in [0.717, 1.165) is 28.6 Å². The molecule has 0 atom stereocenters. The Morgan fingerprint density at radius 3 is 1.51 bits per heavy atom. The number of benzene rings is 6. The van der Waals surface area contributed by atoms with Crippen LogP contribution >= 0.6 is 0 Å². The highest BCUT2D eigenvalue weighted by atomic mass is 16.5. The monoisotopic (exact) mass is 943 g/mol. The normalized spacial score (nSPS) is 11.8. The van der Waals surface area contributed by atoms with Crippen molar-refractivity contribution in [3.63, 3.8) is 0 Å². The summed E-state index contributed by atoms with van der Waals surface area (Å²) in [6.07, 6.45) is 0.883. The predicted molar refractivity (Wildman–Crippen MR) is 277 cm³/mol. The van der Waals surface area contributed by atoms with Crippen LogP contribution in [0.5, 0.6) is 11.5 Å². The lowest BCUT2D eigenvalue weighted by molar-refractivity contribution is -0.118. The average molecular weight is 944 g/mol. The number of carbonyl (C=O) groups is 3. The van der Waals surface area contributed by atoms with Gasteiger partial charge in [0.2, 0.25) is 6.41 Å². The van der Waals surface area contributed by atoms with Crippen molar-refractivity contribution in [2.45, 2.75) is 13.1 Å². The SMILES string of the molecule is COc1ccc(C(=O)Nc2nc3ccc(N)cc3c(NCc3ccccc3)c2C#N)cc1.COc1ccc(C(=O)Nc2nc3ccc(N4CCN(C=O)CC4)cc3c(NCc3ccccc3)c2C#N)cc1. The van der Waals surface area contributed by atoms with Gasteiger partial charge in [-0.2, -0.15) is 10.5 Å². The molecule has 6 N–H and O–H groups in total. The number of hydrogen-bond donors (Lipinski definition) is 5. The summed E-state index contributed by atoms with van der Waals surface area (Å²) >= 11 is 0. The van der Waals surface area contributed by atoms with E-state index in [-0.39, 0.29) is 34.6 Å². The Bertz CT molecular complexity index is 3280. The van der Waals surface area contributed by atoms with Crippen LogP contribution in [0.4, 0.5) is 34.4 Å². The van der Waals surface area contributed by atoms with E-state index in [1.54, 1.807) is 85.8 Å². The van der Waals surface area contributed by atoms with Crippen LogP contribution in [-0.2, 0) is 17.9 Å². The summed E-state index contributed by atoms with van der Waals surface area (Å²) < 4.78 is 10.3. The van der Waals surface area contributed by atoms with Crippen molar-refractivity contribution in [2.75, 3.05) is 72.3 Å². The number of anilines is 6. The summed E-state index contributed by atoms with van der Waals surface area (Å²) in [6.45, 7) is 3.71. The fraction of sp³-hybridized carbons (Fsp3) is 0.145. The van der Waals surface area contributed by atoms with Crippen LogP contribution in [0.15, 0.2) is 146 Å². The van der Waals surface area contributed by atoms with E-state index < -0.39 is 0 Å². The first kappa shape index (κ1) is 47.8. The van der Waals surface area contributed by atoms with Gasteiger partial charge in [0.15, 0.2) is 11.6 Å². The second-order valence-corrected chi connectivity index (χ2v) is 16.3. The lowest BCUT2D eigenvalue weighted by atomic mass is 10.1. The second-order valence-electron chi connectivity index (χ2n) is 16.3. The van der Waals surface area contributed by atoms with Gasteiger partial charge in [-0.3, -0.25) is 14.4 Å². The molecule has 1 saturated heterocycles. The van der Waals surface area contributed by atoms with Crippen LogP contribution in [0.3, 0.4) is 0 Å². The molecular formula is C55H49N11O5. The Hall–Kier alpha value is -9.67. The number of amides is 3. The van der Waals surface area contributed by atoms with Gasteiger partial charge in [0.25, 0.3) is 11.8 Å². The van der Waals surface area contributed by atoms with Crippen molar-refractivity contribution in [3.8, 4) is 23.6 Å². The molecule has 3 heterocycles. The van der Waals surface area contributed by atoms with Gasteiger partial charge in [-0.15, -0.1) is 0 Å². The number of nitrogens with zero attached hydrogens (tertiary/aromatic N) is 6. The highest BCUT2D eigenvalue weighted by Crippen LogP contribution is 2.36. The molecule has 0 aliphatic carbocycles. The number of methoxy groups -OCH3 is 2. The van der Waals surface area contributed by atoms with E-state index in [1.165, 1.54) is 0 Å². The van der Waals surface area contributed by atoms with Crippen molar-refractivity contribution >= 4 is 74.4 Å². The van der Waals surface area contributed by atoms with E-state index in [4.69, 9.17) is 15.2 Å². The molecule has 0 radical (unpaired) electrons. The van der Waals surface area contributed by atoms with E-state index in [1.807, 2.05) is 78.9 Å². The molecule has 0 saturated carbocycles. The Labute approximate surface area is 410 Å². The number of piperazine rings is 1. The number of ether oxygens (including phenoxy) is 2. The molecule has 1 fully saturated rings. The first-order valence-corrected chi connectivity index (χ1v) is 22.6. The maximum atomic E-state index is 13.1. The Morgan fingerprint density at radius 2 is 1.07 bits per heavy atom. The van der Waals surface area contributed by atoms with Crippen LogP contribution in [0, 0.1) is 22.7 Å². The quantitative estimate of drug-likeness (QED) is 0.0508. The predicted octanol–water partition coefficient (Wildman–Crippen LogP) is 8.82. The second kappa shape index (κ2) is 22.4. The summed E-state index contributed by atoms with van der Waals surface area (Å²) in [5.41, 5.74) is 13.4. The number of nitriles is 2. The Morgan fingerprint density at radius 1 is 0.620 bits per heavy atom. The molecule has 16 nitrogen and oxygen atoms in total. The summed E-state index contributed by atoms with van der Waals surface area (Å²) in [7, 11) is 3.12. The average Bonchev–Trinajstić information content (AvgIpc) is 3.42. The van der Waals surface area contributed by atoms with Crippen LogP contribution in [0.1, 0.15) is 43.0 Å². The molecule has 3 amide bonds. The minimum absolute atomic E-state index is 0.182. The summed E-state index contributed by atoms with van der Waals surface area (Å²) in [5.74, 6) is 0.909. The van der Waals surface area contributed by atoms with Gasteiger partial charge in [0.05, 0.1) is 36.6 Å². The number of nitrogens with one attached hydrogen (secondary N) is 4. The van der Waals surface area contributed by atoms with E-state index in [0.29, 0.717) is 95.4 Å². The van der Waals surface area contributed by atoms with Gasteiger partial charge < -0.3 is 46.3 Å². The zero-order valence-corrected chi connectivity index (χ0v) is 39.0. The fourth-order valence-corrected chi connectivity index (χ4v) is 8.00. The molecular weight excluding hydrogens is 895 g/mol. The van der Waals surface area contributed by atoms with Crippen molar-refractivity contribution in [3.05, 3.63) is 179 Å². The maximum Gasteiger partial charge on any atom is 0.256 e. The first-order chi connectivity index (χ1) is 34.7. The molecule has 1 aliphatic heterocycles. The van der Waals surface area contributed by atoms with Crippen LogP contribution < -0.4 is 41.4 Å². The molecule has 0 spiro atoms. The molecule has 0 unspecified atom stereocenters. The van der Waals surface area contributed by atoms with Crippen LogP contribution in [-0.4, -0.2) is 73.5 Å². The number of hydrogen-bond acceptors (Lipinski definition) is 13. The zero-order chi connectivity index (χ0) is 49.7. The lowest BCUT2D eigenvalue weighted by Gasteiger charge is -2.34. The number of carbonyl (C=O) groups excluding carboxylic acids is 3. The highest BCUT2D eigenvalue weighted by Gasteiger charge is 2.22. The third kappa shape index (κ3) is 11.4. The molecule has 1 aliphatic rings. The summed E-state index contributed by atoms with van der Waals surface area (Å²) in [6, 6.07) is 48.7. The fourth-order valence-electron chi connectivity index (χ4n) is 8.00. The van der Waals surface area contributed by atoms with E-state index in [9.17, 15) is 24.9 Å². The van der Waals surface area contributed by atoms with Crippen molar-refractivity contribution in [1.29, 1.82) is 10.5 Å². The molecule has 0 bridgehead atoms. The molecule has 71 heavy (non-hydrogen) atoms. The minimum Gasteiger partial charge on any atom is -0.497 e. The van der Waals surface area contributed by atoms with Gasteiger partial charge in [-0.1, -0.05) is 60.7 Å². The summed E-state index contributed by atoms with van der Waals surface area (Å²) in [4.78, 5) is 50.2. The van der Waals surface area contributed by atoms with Gasteiger partial charge in [-0.25, -0.2) is 9.97 Å². The molecule has 6 aromatic carbocycles. The van der Waals surface area contributed by atoms with Gasteiger partial charge >= 0.3 is 0 Å². The van der Waals surface area contributed by atoms with Gasteiger partial charge in [-0.05, 0) is 96.1 Å². The third-order valence-electron chi connectivity index (χ3n) is 11.8. The smallest absolute Gasteiger partial charge is 0.256 e. The standard InChI is InChI=1S/C30H28N6O3.C25H21N5O2/c1-39-24-10-7-22(8-11-24)30(38)34-29-26(18-31)28(32-19-21-5-3-2-4-6-21)25-17-23(9-12-27(25)33-29)36-15-13-35(20-37)14-16-36;1-32-19-10-7-17(8-11-19)25(31)30-24-21(14-26)23(28-15-16-5-3-2-4-6-16)20-13-18(27)9-12-22(20)29-24/h2-12,17,20H,13-16,19H2,1H3,(H2,32,33,34,38);2-13H,15,27H2,1H3,(H2,28,29,30,31). The lowest BCUT2D eigenvalue weighted by Crippen LogP contribution is -2.45. The topological polar surface area (TPSA) is 224 Å². The van der Waals surface area contributed by atoms with Crippen molar-refractivity contribution in [1.82, 2.24) is 14.9 Å². The van der Waals surface area contributed by atoms with Crippen LogP contribution in [0.25, 0.3) is 21.8 Å². The third-order valence-corrected chi connectivity index (χ3v) is 11.8. The summed E-state index contributed by atoms with van der Waals surface area (Å²) in [5, 5.41) is 34.0. The number of pyridine rings is 2. The largest absolute Gasteiger partial charge is 0.497 e. The number of rotatable bonds is 14. The maximum absolute atomic E-state index is 13.1.